The molecule has 3 rings (SSSR count). The number of halogens is 2. The lowest BCUT2D eigenvalue weighted by atomic mass is 10.2. The van der Waals surface area contributed by atoms with E-state index in [0.29, 0.717) is 33.6 Å². The van der Waals surface area contributed by atoms with Crippen LogP contribution in [0.25, 0.3) is 0 Å². The van der Waals surface area contributed by atoms with E-state index in [4.69, 9.17) is 27.9 Å². The van der Waals surface area contributed by atoms with Crippen LogP contribution in [-0.4, -0.2) is 22.8 Å². The molecule has 0 fully saturated rings. The fourth-order valence-electron chi connectivity index (χ4n) is 2.39. The van der Waals surface area contributed by atoms with Crippen molar-refractivity contribution in [3.63, 3.8) is 0 Å². The van der Waals surface area contributed by atoms with Gasteiger partial charge in [0.15, 0.2) is 0 Å². The first-order valence-electron chi connectivity index (χ1n) is 7.48. The van der Waals surface area contributed by atoms with E-state index in [1.54, 1.807) is 59.5 Å². The molecular formula is C18H15Cl2N3O2. The van der Waals surface area contributed by atoms with Crippen molar-refractivity contribution < 1.29 is 9.53 Å². The number of hydrogen-bond acceptors (Lipinski definition) is 3. The molecule has 1 aromatic heterocycles. The summed E-state index contributed by atoms with van der Waals surface area (Å²) in [6.45, 7) is 0.406. The average Bonchev–Trinajstić information content (AvgIpc) is 3.05. The molecule has 0 unspecified atom stereocenters. The Balaban J connectivity index is 1.75. The molecular weight excluding hydrogens is 361 g/mol. The summed E-state index contributed by atoms with van der Waals surface area (Å²) in [5, 5.41) is 8.18. The molecule has 0 bridgehead atoms. The number of para-hydroxylation sites is 1. The lowest BCUT2D eigenvalue weighted by molar-refractivity contribution is 0.102. The highest BCUT2D eigenvalue weighted by molar-refractivity contribution is 6.35. The number of rotatable bonds is 5. The third-order valence-corrected chi connectivity index (χ3v) is 4.33. The molecule has 0 saturated carbocycles. The number of hydrogen-bond donors (Lipinski definition) is 1. The third-order valence-electron chi connectivity index (χ3n) is 3.62. The molecule has 3 aromatic rings. The molecule has 0 aliphatic heterocycles. The van der Waals surface area contributed by atoms with Gasteiger partial charge in [-0.2, -0.15) is 5.10 Å². The molecule has 128 valence electrons. The molecule has 0 radical (unpaired) electrons. The summed E-state index contributed by atoms with van der Waals surface area (Å²) in [5.74, 6) is 0.239. The van der Waals surface area contributed by atoms with Crippen LogP contribution in [0.3, 0.4) is 0 Å². The first-order valence-corrected chi connectivity index (χ1v) is 8.24. The summed E-state index contributed by atoms with van der Waals surface area (Å²) in [6, 6.07) is 12.4. The normalized spacial score (nSPS) is 10.5. The van der Waals surface area contributed by atoms with Gasteiger partial charge in [0.25, 0.3) is 5.91 Å². The number of carbonyl (C=O) groups excluding carboxylic acids is 1. The van der Waals surface area contributed by atoms with Crippen LogP contribution in [0.15, 0.2) is 54.9 Å². The maximum absolute atomic E-state index is 12.4. The highest BCUT2D eigenvalue weighted by Crippen LogP contribution is 2.25. The van der Waals surface area contributed by atoms with Gasteiger partial charge < -0.3 is 10.1 Å². The number of anilines is 1. The minimum atomic E-state index is -0.271. The molecule has 1 heterocycles. The lowest BCUT2D eigenvalue weighted by Gasteiger charge is -2.08. The molecule has 0 spiro atoms. The highest BCUT2D eigenvalue weighted by Gasteiger charge is 2.13. The summed E-state index contributed by atoms with van der Waals surface area (Å²) in [6.07, 6.45) is 3.28. The first kappa shape index (κ1) is 17.3. The molecule has 0 aliphatic rings. The van der Waals surface area contributed by atoms with Crippen LogP contribution < -0.4 is 10.1 Å². The van der Waals surface area contributed by atoms with Gasteiger partial charge in [0.05, 0.1) is 31.1 Å². The largest absolute Gasteiger partial charge is 0.496 e. The second kappa shape index (κ2) is 7.59. The fraction of sp³-hybridized carbons (Fsp3) is 0.111. The van der Waals surface area contributed by atoms with E-state index in [9.17, 15) is 4.79 Å². The van der Waals surface area contributed by atoms with Crippen LogP contribution in [0.2, 0.25) is 10.0 Å². The standard InChI is InChI=1S/C18H15Cl2N3O2/c1-25-17-8-3-2-5-13(17)18(24)22-12-9-21-23(10-12)11-14-15(19)6-4-7-16(14)20/h2-10H,11H2,1H3,(H,22,24). The highest BCUT2D eigenvalue weighted by atomic mass is 35.5. The topological polar surface area (TPSA) is 56.1 Å². The molecule has 0 saturated heterocycles. The minimum Gasteiger partial charge on any atom is -0.496 e. The predicted octanol–water partition coefficient (Wildman–Crippen LogP) is 4.50. The van der Waals surface area contributed by atoms with E-state index in [1.165, 1.54) is 7.11 Å². The first-order chi connectivity index (χ1) is 12.1. The van der Waals surface area contributed by atoms with E-state index >= 15 is 0 Å². The van der Waals surface area contributed by atoms with Gasteiger partial charge in [0.2, 0.25) is 0 Å². The summed E-state index contributed by atoms with van der Waals surface area (Å²) in [7, 11) is 1.53. The monoisotopic (exact) mass is 375 g/mol. The van der Waals surface area contributed by atoms with E-state index in [0.717, 1.165) is 5.56 Å². The zero-order valence-electron chi connectivity index (χ0n) is 13.4. The Hall–Kier alpha value is -2.50. The number of ether oxygens (including phenoxy) is 1. The Morgan fingerprint density at radius 2 is 1.88 bits per heavy atom. The van der Waals surface area contributed by atoms with Crippen LogP contribution >= 0.6 is 23.2 Å². The zero-order valence-corrected chi connectivity index (χ0v) is 14.9. The van der Waals surface area contributed by atoms with Crippen LogP contribution in [0.5, 0.6) is 5.75 Å². The average molecular weight is 376 g/mol. The smallest absolute Gasteiger partial charge is 0.259 e. The van der Waals surface area contributed by atoms with Crippen molar-refractivity contribution in [3.8, 4) is 5.75 Å². The Bertz CT molecular complexity index is 889. The van der Waals surface area contributed by atoms with Crippen molar-refractivity contribution in [2.24, 2.45) is 0 Å². The van der Waals surface area contributed by atoms with Crippen molar-refractivity contribution in [3.05, 3.63) is 76.0 Å². The van der Waals surface area contributed by atoms with Gasteiger partial charge in [-0.3, -0.25) is 9.48 Å². The van der Waals surface area contributed by atoms with E-state index < -0.39 is 0 Å². The van der Waals surface area contributed by atoms with Gasteiger partial charge in [0, 0.05) is 21.8 Å². The van der Waals surface area contributed by atoms with Gasteiger partial charge in [-0.05, 0) is 24.3 Å². The lowest BCUT2D eigenvalue weighted by Crippen LogP contribution is -2.12. The molecule has 5 nitrogen and oxygen atoms in total. The van der Waals surface area contributed by atoms with Crippen molar-refractivity contribution in [2.45, 2.75) is 6.54 Å². The second-order valence-electron chi connectivity index (χ2n) is 5.28. The maximum atomic E-state index is 12.4. The van der Waals surface area contributed by atoms with Crippen LogP contribution in [-0.2, 0) is 6.54 Å². The Morgan fingerprint density at radius 3 is 2.60 bits per heavy atom. The molecule has 7 heteroatoms. The molecule has 0 atom stereocenters. The molecule has 2 aromatic carbocycles. The van der Waals surface area contributed by atoms with Crippen molar-refractivity contribution in [1.29, 1.82) is 0 Å². The third kappa shape index (κ3) is 3.95. The van der Waals surface area contributed by atoms with Crippen molar-refractivity contribution >= 4 is 34.8 Å². The van der Waals surface area contributed by atoms with E-state index in [1.807, 2.05) is 0 Å². The summed E-state index contributed by atoms with van der Waals surface area (Å²) in [5.41, 5.74) is 1.79. The number of benzene rings is 2. The van der Waals surface area contributed by atoms with Gasteiger partial charge in [-0.15, -0.1) is 0 Å². The van der Waals surface area contributed by atoms with Crippen LogP contribution in [0, 0.1) is 0 Å². The SMILES string of the molecule is COc1ccccc1C(=O)Nc1cnn(Cc2c(Cl)cccc2Cl)c1. The number of nitrogens with zero attached hydrogens (tertiary/aromatic N) is 2. The zero-order chi connectivity index (χ0) is 17.8. The number of methoxy groups -OCH3 is 1. The van der Waals surface area contributed by atoms with Crippen LogP contribution in [0.4, 0.5) is 5.69 Å². The van der Waals surface area contributed by atoms with Gasteiger partial charge in [-0.25, -0.2) is 0 Å². The maximum Gasteiger partial charge on any atom is 0.259 e. The second-order valence-corrected chi connectivity index (χ2v) is 6.10. The Labute approximate surface area is 155 Å². The number of amides is 1. The van der Waals surface area contributed by atoms with Gasteiger partial charge >= 0.3 is 0 Å². The molecule has 0 aliphatic carbocycles. The van der Waals surface area contributed by atoms with E-state index in [-0.39, 0.29) is 5.91 Å². The molecule has 25 heavy (non-hydrogen) atoms. The van der Waals surface area contributed by atoms with Crippen molar-refractivity contribution in [1.82, 2.24) is 9.78 Å². The number of carbonyl (C=O) groups is 1. The Kier molecular flexibility index (Phi) is 5.26. The number of nitrogens with one attached hydrogen (secondary N) is 1. The summed E-state index contributed by atoms with van der Waals surface area (Å²) < 4.78 is 6.86. The van der Waals surface area contributed by atoms with Gasteiger partial charge in [0.1, 0.15) is 5.75 Å². The summed E-state index contributed by atoms with van der Waals surface area (Å²) >= 11 is 12.3. The Morgan fingerprint density at radius 1 is 1.16 bits per heavy atom. The summed E-state index contributed by atoms with van der Waals surface area (Å²) in [4.78, 5) is 12.4. The van der Waals surface area contributed by atoms with Gasteiger partial charge in [-0.1, -0.05) is 41.4 Å². The van der Waals surface area contributed by atoms with Crippen molar-refractivity contribution in [2.75, 3.05) is 12.4 Å². The predicted molar refractivity (Wildman–Crippen MR) is 98.7 cm³/mol. The van der Waals surface area contributed by atoms with Crippen LogP contribution in [0.1, 0.15) is 15.9 Å². The molecule has 1 N–H and O–H groups in total. The molecule has 1 amide bonds. The van der Waals surface area contributed by atoms with E-state index in [2.05, 4.69) is 10.4 Å². The minimum absolute atomic E-state index is 0.271. The quantitative estimate of drug-likeness (QED) is 0.714. The number of aromatic nitrogens is 2. The fourth-order valence-corrected chi connectivity index (χ4v) is 2.91.